The molecule has 5 rings (SSSR count). The number of amides is 1. The maximum Gasteiger partial charge on any atom is 0.243 e. The van der Waals surface area contributed by atoms with Crippen LogP contribution < -0.4 is 5.32 Å². The second-order valence-electron chi connectivity index (χ2n) is 8.98. The highest BCUT2D eigenvalue weighted by Gasteiger charge is 2.40. The van der Waals surface area contributed by atoms with Gasteiger partial charge in [-0.3, -0.25) is 9.69 Å². The summed E-state index contributed by atoms with van der Waals surface area (Å²) < 4.78 is 40.8. The minimum atomic E-state index is -3.96. The van der Waals surface area contributed by atoms with Gasteiger partial charge in [0, 0.05) is 31.1 Å². The van der Waals surface area contributed by atoms with Gasteiger partial charge in [-0.1, -0.05) is 30.3 Å². The van der Waals surface area contributed by atoms with Gasteiger partial charge >= 0.3 is 0 Å². The summed E-state index contributed by atoms with van der Waals surface area (Å²) in [7, 11) is -3.96. The predicted molar refractivity (Wildman–Crippen MR) is 135 cm³/mol. The number of halogens is 1. The van der Waals surface area contributed by atoms with Crippen molar-refractivity contribution in [2.24, 2.45) is 0 Å². The molecule has 1 fully saturated rings. The van der Waals surface area contributed by atoms with Gasteiger partial charge in [0.25, 0.3) is 0 Å². The van der Waals surface area contributed by atoms with Crippen molar-refractivity contribution in [1.29, 1.82) is 5.26 Å². The van der Waals surface area contributed by atoms with E-state index in [4.69, 9.17) is 0 Å². The van der Waals surface area contributed by atoms with E-state index < -0.39 is 27.8 Å². The van der Waals surface area contributed by atoms with E-state index in [9.17, 15) is 22.9 Å². The first-order valence-electron chi connectivity index (χ1n) is 11.8. The molecule has 3 aromatic rings. The fraction of sp³-hybridized carbons (Fsp3) is 0.308. The van der Waals surface area contributed by atoms with E-state index in [1.165, 1.54) is 33.3 Å². The van der Waals surface area contributed by atoms with Gasteiger partial charge in [0.2, 0.25) is 15.9 Å². The molecule has 3 heterocycles. The number of hydrogen-bond donors (Lipinski definition) is 1. The lowest BCUT2D eigenvalue weighted by Crippen LogP contribution is -2.43. The zero-order chi connectivity index (χ0) is 25.3. The van der Waals surface area contributed by atoms with Gasteiger partial charge in [-0.15, -0.1) is 11.3 Å². The van der Waals surface area contributed by atoms with Crippen LogP contribution >= 0.6 is 11.3 Å². The van der Waals surface area contributed by atoms with Crippen molar-refractivity contribution in [2.45, 2.75) is 43.3 Å². The molecule has 0 bridgehead atoms. The highest BCUT2D eigenvalue weighted by molar-refractivity contribution is 7.89. The fourth-order valence-electron chi connectivity index (χ4n) is 4.87. The number of nitriles is 1. The molecule has 2 aromatic carbocycles. The highest BCUT2D eigenvalue weighted by atomic mass is 32.2. The normalized spacial score (nSPS) is 18.5. The van der Waals surface area contributed by atoms with Crippen molar-refractivity contribution >= 4 is 32.3 Å². The van der Waals surface area contributed by atoms with Crippen molar-refractivity contribution in [2.75, 3.05) is 18.4 Å². The van der Waals surface area contributed by atoms with E-state index in [1.807, 2.05) is 18.2 Å². The molecule has 1 atom stereocenters. The van der Waals surface area contributed by atoms with Crippen LogP contribution in [-0.4, -0.2) is 42.7 Å². The number of fused-ring (bicyclic) bond motifs is 1. The number of nitrogens with one attached hydrogen (secondary N) is 1. The zero-order valence-electron chi connectivity index (χ0n) is 19.5. The second kappa shape index (κ2) is 10.1. The van der Waals surface area contributed by atoms with Gasteiger partial charge in [0.1, 0.15) is 22.9 Å². The SMILES string of the molecule is N#Cc1c(NC(=O)C2CCCN2S(=O)(=O)c2ccc(F)cc2)sc2c1CCN(Cc1ccccc1)C2. The first kappa shape index (κ1) is 24.6. The molecule has 1 unspecified atom stereocenters. The van der Waals surface area contributed by atoms with Crippen LogP contribution in [0.5, 0.6) is 0 Å². The van der Waals surface area contributed by atoms with E-state index >= 15 is 0 Å². The zero-order valence-corrected chi connectivity index (χ0v) is 21.1. The van der Waals surface area contributed by atoms with Crippen LogP contribution in [0.2, 0.25) is 0 Å². The molecule has 0 radical (unpaired) electrons. The molecule has 0 saturated carbocycles. The summed E-state index contributed by atoms with van der Waals surface area (Å²) in [5, 5.41) is 13.2. The molecule has 186 valence electrons. The summed E-state index contributed by atoms with van der Waals surface area (Å²) in [4.78, 5) is 16.6. The summed E-state index contributed by atoms with van der Waals surface area (Å²) in [5.74, 6) is -0.980. The minimum absolute atomic E-state index is 0.0496. The van der Waals surface area contributed by atoms with Crippen LogP contribution in [-0.2, 0) is 34.3 Å². The lowest BCUT2D eigenvalue weighted by Gasteiger charge is -2.26. The van der Waals surface area contributed by atoms with E-state index in [-0.39, 0.29) is 11.4 Å². The van der Waals surface area contributed by atoms with E-state index in [0.717, 1.165) is 35.7 Å². The molecule has 36 heavy (non-hydrogen) atoms. The van der Waals surface area contributed by atoms with Crippen LogP contribution in [0.1, 0.15) is 34.4 Å². The molecule has 2 aliphatic heterocycles. The molecule has 1 saturated heterocycles. The minimum Gasteiger partial charge on any atom is -0.315 e. The number of carbonyl (C=O) groups excluding carboxylic acids is 1. The topological polar surface area (TPSA) is 93.5 Å². The summed E-state index contributed by atoms with van der Waals surface area (Å²) in [6.07, 6.45) is 1.63. The number of sulfonamides is 1. The Morgan fingerprint density at radius 3 is 2.61 bits per heavy atom. The van der Waals surface area contributed by atoms with Gasteiger partial charge in [-0.2, -0.15) is 9.57 Å². The van der Waals surface area contributed by atoms with Crippen molar-refractivity contribution in [3.63, 3.8) is 0 Å². The first-order chi connectivity index (χ1) is 17.4. The van der Waals surface area contributed by atoms with Crippen LogP contribution in [0.4, 0.5) is 9.39 Å². The standard InChI is InChI=1S/C26H25FN4O3S2/c27-19-8-10-20(11-9-19)36(33,34)31-13-4-7-23(31)25(32)29-26-22(15-28)21-12-14-30(17-24(21)35-26)16-18-5-2-1-3-6-18/h1-3,5-6,8-11,23H,4,7,12-14,16-17H2,(H,29,32). The maximum absolute atomic E-state index is 13.3. The maximum atomic E-state index is 13.3. The van der Waals surface area contributed by atoms with E-state index in [2.05, 4.69) is 28.4 Å². The fourth-order valence-corrected chi connectivity index (χ4v) is 7.77. The Morgan fingerprint density at radius 1 is 1.14 bits per heavy atom. The third-order valence-electron chi connectivity index (χ3n) is 6.66. The number of rotatable bonds is 6. The molecule has 7 nitrogen and oxygen atoms in total. The number of nitrogens with zero attached hydrogens (tertiary/aromatic N) is 3. The highest BCUT2D eigenvalue weighted by Crippen LogP contribution is 2.38. The number of thiophene rings is 1. The van der Waals surface area contributed by atoms with Gasteiger partial charge in [-0.05, 0) is 54.7 Å². The van der Waals surface area contributed by atoms with Crippen molar-refractivity contribution < 1.29 is 17.6 Å². The van der Waals surface area contributed by atoms with Gasteiger partial charge in [0.05, 0.1) is 10.5 Å². The number of benzene rings is 2. The van der Waals surface area contributed by atoms with Gasteiger partial charge in [0.15, 0.2) is 0 Å². The molecular weight excluding hydrogens is 499 g/mol. The quantitative estimate of drug-likeness (QED) is 0.524. The lowest BCUT2D eigenvalue weighted by atomic mass is 10.0. The van der Waals surface area contributed by atoms with Gasteiger partial charge < -0.3 is 5.32 Å². The second-order valence-corrected chi connectivity index (χ2v) is 12.0. The van der Waals surface area contributed by atoms with Crippen molar-refractivity contribution in [1.82, 2.24) is 9.21 Å². The van der Waals surface area contributed by atoms with Gasteiger partial charge in [-0.25, -0.2) is 12.8 Å². The van der Waals surface area contributed by atoms with E-state index in [1.54, 1.807) is 0 Å². The summed E-state index contributed by atoms with van der Waals surface area (Å²) in [6, 6.07) is 16.1. The van der Waals surface area contributed by atoms with Crippen LogP contribution in [0.15, 0.2) is 59.5 Å². The Labute approximate surface area is 213 Å². The van der Waals surface area contributed by atoms with Crippen LogP contribution in [0.3, 0.4) is 0 Å². The molecule has 1 N–H and O–H groups in total. The number of hydrogen-bond acceptors (Lipinski definition) is 6. The Kier molecular flexibility index (Phi) is 6.90. The monoisotopic (exact) mass is 524 g/mol. The Hall–Kier alpha value is -3.10. The Balaban J connectivity index is 1.33. The molecule has 1 aromatic heterocycles. The largest absolute Gasteiger partial charge is 0.315 e. The predicted octanol–water partition coefficient (Wildman–Crippen LogP) is 4.11. The molecule has 10 heteroatoms. The number of carbonyl (C=O) groups is 1. The van der Waals surface area contributed by atoms with Crippen LogP contribution in [0, 0.1) is 17.1 Å². The smallest absolute Gasteiger partial charge is 0.243 e. The summed E-state index contributed by atoms with van der Waals surface area (Å²) in [5.41, 5.74) is 2.65. The molecule has 0 aliphatic carbocycles. The average molecular weight is 525 g/mol. The third-order valence-corrected chi connectivity index (χ3v) is 9.71. The average Bonchev–Trinajstić information content (AvgIpc) is 3.50. The van der Waals surface area contributed by atoms with E-state index in [0.29, 0.717) is 36.4 Å². The molecule has 1 amide bonds. The van der Waals surface area contributed by atoms with Crippen LogP contribution in [0.25, 0.3) is 0 Å². The summed E-state index contributed by atoms with van der Waals surface area (Å²) in [6.45, 7) is 2.51. The molecular formula is C26H25FN4O3S2. The Morgan fingerprint density at radius 2 is 1.89 bits per heavy atom. The molecule has 2 aliphatic rings. The Bertz CT molecular complexity index is 1420. The lowest BCUT2D eigenvalue weighted by molar-refractivity contribution is -0.119. The van der Waals surface area contributed by atoms with Crippen molar-refractivity contribution in [3.8, 4) is 6.07 Å². The van der Waals surface area contributed by atoms with Crippen molar-refractivity contribution in [3.05, 3.63) is 82.0 Å². The summed E-state index contributed by atoms with van der Waals surface area (Å²) >= 11 is 1.39. The first-order valence-corrected chi connectivity index (χ1v) is 14.0. The number of anilines is 1. The third kappa shape index (κ3) is 4.80. The molecule has 0 spiro atoms.